The quantitative estimate of drug-likeness (QED) is 0.859. The summed E-state index contributed by atoms with van der Waals surface area (Å²) < 4.78 is 0. The van der Waals surface area contributed by atoms with Gasteiger partial charge in [-0.15, -0.1) is 0 Å². The number of fused-ring (bicyclic) bond motifs is 1. The molecule has 0 saturated heterocycles. The second kappa shape index (κ2) is 4.66. The summed E-state index contributed by atoms with van der Waals surface area (Å²) in [7, 11) is 1.75. The summed E-state index contributed by atoms with van der Waals surface area (Å²) in [6.07, 6.45) is 0. The van der Waals surface area contributed by atoms with E-state index < -0.39 is 11.5 Å². The van der Waals surface area contributed by atoms with Crippen LogP contribution >= 0.6 is 0 Å². The predicted octanol–water partition coefficient (Wildman–Crippen LogP) is 1.22. The molecule has 1 aliphatic heterocycles. The highest BCUT2D eigenvalue weighted by molar-refractivity contribution is 5.89. The molecule has 1 heterocycles. The largest absolute Gasteiger partial charge is 0.478 e. The first kappa shape index (κ1) is 13.5. The maximum absolute atomic E-state index is 12.3. The van der Waals surface area contributed by atoms with E-state index in [-0.39, 0.29) is 11.5 Å². The Hall–Kier alpha value is -1.88. The molecule has 0 aromatic heterocycles. The molecule has 102 valence electrons. The van der Waals surface area contributed by atoms with Crippen molar-refractivity contribution in [3.05, 3.63) is 34.9 Å². The van der Waals surface area contributed by atoms with Gasteiger partial charge in [0.15, 0.2) is 0 Å². The molecule has 5 heteroatoms. The summed E-state index contributed by atoms with van der Waals surface area (Å²) in [6.45, 7) is 4.68. The molecule has 0 fully saturated rings. The van der Waals surface area contributed by atoms with Gasteiger partial charge < -0.3 is 15.3 Å². The maximum atomic E-state index is 12.3. The van der Waals surface area contributed by atoms with Gasteiger partial charge in [-0.05, 0) is 44.2 Å². The number of amides is 1. The van der Waals surface area contributed by atoms with Crippen LogP contribution in [-0.4, -0.2) is 34.5 Å². The van der Waals surface area contributed by atoms with E-state index in [0.29, 0.717) is 13.1 Å². The Bertz CT molecular complexity index is 537. The second-order valence-electron chi connectivity index (χ2n) is 5.32. The van der Waals surface area contributed by atoms with Crippen molar-refractivity contribution in [3.8, 4) is 0 Å². The van der Waals surface area contributed by atoms with E-state index >= 15 is 0 Å². The van der Waals surface area contributed by atoms with E-state index in [1.807, 2.05) is 13.8 Å². The van der Waals surface area contributed by atoms with Crippen molar-refractivity contribution >= 4 is 11.9 Å². The van der Waals surface area contributed by atoms with E-state index in [2.05, 4.69) is 5.32 Å². The number of carbonyl (C=O) groups excluding carboxylic acids is 1. The predicted molar refractivity (Wildman–Crippen MR) is 70.8 cm³/mol. The monoisotopic (exact) mass is 262 g/mol. The van der Waals surface area contributed by atoms with E-state index in [9.17, 15) is 9.59 Å². The zero-order chi connectivity index (χ0) is 14.2. The average molecular weight is 262 g/mol. The molecule has 2 rings (SSSR count). The van der Waals surface area contributed by atoms with Crippen molar-refractivity contribution in [1.29, 1.82) is 0 Å². The number of likely N-dealkylation sites (N-methyl/N-ethyl adjacent to an activating group) is 1. The number of nitrogens with zero attached hydrogens (tertiary/aromatic N) is 1. The molecule has 5 nitrogen and oxygen atoms in total. The number of nitrogens with one attached hydrogen (secondary N) is 1. The molecule has 2 N–H and O–H groups in total. The number of carbonyl (C=O) groups is 2. The van der Waals surface area contributed by atoms with Gasteiger partial charge in [0.2, 0.25) is 5.91 Å². The van der Waals surface area contributed by atoms with Crippen LogP contribution in [0.25, 0.3) is 0 Å². The standard InChI is InChI=1S/C14H18N2O3/c1-14(2,15-3)13(19)16-7-10-5-4-9(12(17)18)6-11(10)8-16/h4-6,15H,7-8H2,1-3H3,(H,17,18). The molecule has 0 radical (unpaired) electrons. The number of rotatable bonds is 3. The van der Waals surface area contributed by atoms with Gasteiger partial charge in [0.25, 0.3) is 0 Å². The van der Waals surface area contributed by atoms with Crippen molar-refractivity contribution in [1.82, 2.24) is 10.2 Å². The summed E-state index contributed by atoms with van der Waals surface area (Å²) >= 11 is 0. The lowest BCUT2D eigenvalue weighted by atomic mass is 10.0. The molecule has 0 unspecified atom stereocenters. The topological polar surface area (TPSA) is 69.6 Å². The molecule has 0 aliphatic carbocycles. The molecule has 19 heavy (non-hydrogen) atoms. The van der Waals surface area contributed by atoms with Gasteiger partial charge in [0.1, 0.15) is 0 Å². The van der Waals surface area contributed by atoms with Crippen LogP contribution in [0.15, 0.2) is 18.2 Å². The number of aromatic carboxylic acids is 1. The van der Waals surface area contributed by atoms with Gasteiger partial charge in [0, 0.05) is 13.1 Å². The molecular weight excluding hydrogens is 244 g/mol. The zero-order valence-corrected chi connectivity index (χ0v) is 11.4. The second-order valence-corrected chi connectivity index (χ2v) is 5.32. The van der Waals surface area contributed by atoms with E-state index in [1.54, 1.807) is 30.1 Å². The van der Waals surface area contributed by atoms with E-state index in [4.69, 9.17) is 5.11 Å². The van der Waals surface area contributed by atoms with Crippen LogP contribution in [0.2, 0.25) is 0 Å². The molecule has 0 saturated carbocycles. The first-order valence-corrected chi connectivity index (χ1v) is 6.18. The normalized spacial score (nSPS) is 14.4. The molecular formula is C14H18N2O3. The Labute approximate surface area is 112 Å². The highest BCUT2D eigenvalue weighted by atomic mass is 16.4. The van der Waals surface area contributed by atoms with Gasteiger partial charge in [-0.25, -0.2) is 4.79 Å². The Balaban J connectivity index is 2.21. The number of hydrogen-bond donors (Lipinski definition) is 2. The SMILES string of the molecule is CNC(C)(C)C(=O)N1Cc2ccc(C(=O)O)cc2C1. The molecule has 1 aliphatic rings. The molecule has 0 bridgehead atoms. The summed E-state index contributed by atoms with van der Waals surface area (Å²) in [5, 5.41) is 12.0. The summed E-state index contributed by atoms with van der Waals surface area (Å²) in [5.74, 6) is -0.925. The number of hydrogen-bond acceptors (Lipinski definition) is 3. The minimum absolute atomic E-state index is 0.0167. The third-order valence-corrected chi connectivity index (χ3v) is 3.62. The fourth-order valence-corrected chi connectivity index (χ4v) is 2.17. The lowest BCUT2D eigenvalue weighted by molar-refractivity contribution is -0.137. The Morgan fingerprint density at radius 2 is 1.89 bits per heavy atom. The third kappa shape index (κ3) is 2.46. The summed E-state index contributed by atoms with van der Waals surface area (Å²) in [6, 6.07) is 5.02. The summed E-state index contributed by atoms with van der Waals surface area (Å²) in [5.41, 5.74) is 1.59. The highest BCUT2D eigenvalue weighted by Crippen LogP contribution is 2.26. The number of benzene rings is 1. The van der Waals surface area contributed by atoms with Crippen LogP contribution in [0, 0.1) is 0 Å². The molecule has 0 atom stereocenters. The first-order valence-electron chi connectivity index (χ1n) is 6.18. The van der Waals surface area contributed by atoms with Crippen molar-refractivity contribution in [2.45, 2.75) is 32.5 Å². The lowest BCUT2D eigenvalue weighted by Crippen LogP contribution is -2.51. The maximum Gasteiger partial charge on any atom is 0.335 e. The lowest BCUT2D eigenvalue weighted by Gasteiger charge is -2.28. The molecule has 1 aromatic carbocycles. The Morgan fingerprint density at radius 1 is 1.26 bits per heavy atom. The van der Waals surface area contributed by atoms with Crippen LogP contribution in [0.1, 0.15) is 35.3 Å². The van der Waals surface area contributed by atoms with Crippen LogP contribution in [-0.2, 0) is 17.9 Å². The minimum Gasteiger partial charge on any atom is -0.478 e. The van der Waals surface area contributed by atoms with Crippen LogP contribution in [0.3, 0.4) is 0 Å². The number of carboxylic acid groups (broad SMARTS) is 1. The number of carboxylic acids is 1. The fraction of sp³-hybridized carbons (Fsp3) is 0.429. The van der Waals surface area contributed by atoms with Crippen molar-refractivity contribution in [2.75, 3.05) is 7.05 Å². The Morgan fingerprint density at radius 3 is 2.47 bits per heavy atom. The van der Waals surface area contributed by atoms with Crippen molar-refractivity contribution in [3.63, 3.8) is 0 Å². The van der Waals surface area contributed by atoms with Gasteiger partial charge >= 0.3 is 5.97 Å². The minimum atomic E-state index is -0.942. The zero-order valence-electron chi connectivity index (χ0n) is 11.4. The van der Waals surface area contributed by atoms with E-state index in [1.165, 1.54) is 0 Å². The fourth-order valence-electron chi connectivity index (χ4n) is 2.17. The van der Waals surface area contributed by atoms with Gasteiger partial charge in [0.05, 0.1) is 11.1 Å². The van der Waals surface area contributed by atoms with Gasteiger partial charge in [-0.1, -0.05) is 6.07 Å². The average Bonchev–Trinajstić information content (AvgIpc) is 2.80. The van der Waals surface area contributed by atoms with Crippen LogP contribution in [0.5, 0.6) is 0 Å². The van der Waals surface area contributed by atoms with Gasteiger partial charge in [-0.2, -0.15) is 0 Å². The molecule has 1 aromatic rings. The Kier molecular flexibility index (Phi) is 3.32. The van der Waals surface area contributed by atoms with E-state index in [0.717, 1.165) is 11.1 Å². The van der Waals surface area contributed by atoms with Crippen molar-refractivity contribution in [2.24, 2.45) is 0 Å². The third-order valence-electron chi connectivity index (χ3n) is 3.62. The van der Waals surface area contributed by atoms with Gasteiger partial charge in [-0.3, -0.25) is 4.79 Å². The van der Waals surface area contributed by atoms with Crippen LogP contribution < -0.4 is 5.32 Å². The van der Waals surface area contributed by atoms with Crippen molar-refractivity contribution < 1.29 is 14.7 Å². The smallest absolute Gasteiger partial charge is 0.335 e. The summed E-state index contributed by atoms with van der Waals surface area (Å²) in [4.78, 5) is 25.0. The highest BCUT2D eigenvalue weighted by Gasteiger charge is 2.33. The molecule has 0 spiro atoms. The first-order chi connectivity index (χ1) is 8.85. The van der Waals surface area contributed by atoms with Crippen LogP contribution in [0.4, 0.5) is 0 Å². The molecule has 1 amide bonds.